The lowest BCUT2D eigenvalue weighted by Gasteiger charge is -2.22. The fourth-order valence-electron chi connectivity index (χ4n) is 1.97. The average molecular weight is 279 g/mol. The molecule has 0 aliphatic heterocycles. The second-order valence-electron chi connectivity index (χ2n) is 5.13. The van der Waals surface area contributed by atoms with Crippen LogP contribution in [0, 0.1) is 5.92 Å². The Morgan fingerprint density at radius 2 is 2.00 bits per heavy atom. The summed E-state index contributed by atoms with van der Waals surface area (Å²) in [6.45, 7) is 10.2. The molecule has 0 bridgehead atoms. The summed E-state index contributed by atoms with van der Waals surface area (Å²) < 4.78 is 5.68. The number of carbonyl (C=O) groups is 1. The zero-order valence-corrected chi connectivity index (χ0v) is 12.6. The Kier molecular flexibility index (Phi) is 7.04. The molecule has 0 aromatic heterocycles. The molecule has 20 heavy (non-hydrogen) atoms. The molecule has 1 aromatic carbocycles. The molecule has 0 fully saturated rings. The summed E-state index contributed by atoms with van der Waals surface area (Å²) in [6.07, 6.45) is 0. The number of likely N-dealkylation sites (N-methyl/N-ethyl adjacent to an activating group) is 1. The molecule has 0 saturated heterocycles. The van der Waals surface area contributed by atoms with Gasteiger partial charge >= 0.3 is 0 Å². The highest BCUT2D eigenvalue weighted by Crippen LogP contribution is 2.12. The van der Waals surface area contributed by atoms with Gasteiger partial charge in [0.2, 0.25) is 0 Å². The lowest BCUT2D eigenvalue weighted by Crippen LogP contribution is -2.31. The highest BCUT2D eigenvalue weighted by atomic mass is 16.5. The van der Waals surface area contributed by atoms with E-state index in [1.54, 1.807) is 24.3 Å². The summed E-state index contributed by atoms with van der Waals surface area (Å²) in [5.41, 5.74) is 2.62. The van der Waals surface area contributed by atoms with Crippen molar-refractivity contribution in [2.45, 2.75) is 20.8 Å². The van der Waals surface area contributed by atoms with E-state index in [9.17, 15) is 4.79 Å². The van der Waals surface area contributed by atoms with Gasteiger partial charge in [-0.25, -0.2) is 5.84 Å². The topological polar surface area (TPSA) is 67.6 Å². The minimum atomic E-state index is -0.300. The van der Waals surface area contributed by atoms with Crippen LogP contribution >= 0.6 is 0 Å². The Balaban J connectivity index is 2.40. The van der Waals surface area contributed by atoms with Crippen molar-refractivity contribution in [2.75, 3.05) is 26.2 Å². The fourth-order valence-corrected chi connectivity index (χ4v) is 1.97. The first kappa shape index (κ1) is 16.5. The zero-order chi connectivity index (χ0) is 15.0. The predicted molar refractivity (Wildman–Crippen MR) is 80.5 cm³/mol. The van der Waals surface area contributed by atoms with E-state index in [4.69, 9.17) is 10.6 Å². The van der Waals surface area contributed by atoms with Crippen LogP contribution in [0.1, 0.15) is 31.1 Å². The lowest BCUT2D eigenvalue weighted by molar-refractivity contribution is 0.0953. The molecule has 0 atom stereocenters. The summed E-state index contributed by atoms with van der Waals surface area (Å²) >= 11 is 0. The van der Waals surface area contributed by atoms with Crippen molar-refractivity contribution in [1.29, 1.82) is 0 Å². The average Bonchev–Trinajstić information content (AvgIpc) is 2.45. The summed E-state index contributed by atoms with van der Waals surface area (Å²) in [7, 11) is 0. The molecule has 1 rings (SSSR count). The molecule has 112 valence electrons. The maximum atomic E-state index is 11.3. The van der Waals surface area contributed by atoms with E-state index in [1.165, 1.54) is 0 Å². The zero-order valence-electron chi connectivity index (χ0n) is 12.6. The molecule has 0 spiro atoms. The van der Waals surface area contributed by atoms with Gasteiger partial charge < -0.3 is 4.74 Å². The van der Waals surface area contributed by atoms with E-state index in [-0.39, 0.29) is 5.91 Å². The Bertz CT molecular complexity index is 404. The Morgan fingerprint density at radius 3 is 2.50 bits per heavy atom. The fraction of sp³-hybridized carbons (Fsp3) is 0.533. The summed E-state index contributed by atoms with van der Waals surface area (Å²) in [5, 5.41) is 0. The monoisotopic (exact) mass is 279 g/mol. The number of benzene rings is 1. The number of ether oxygens (including phenoxy) is 1. The quantitative estimate of drug-likeness (QED) is 0.431. The van der Waals surface area contributed by atoms with Gasteiger partial charge in [0.05, 0.1) is 0 Å². The largest absolute Gasteiger partial charge is 0.492 e. The van der Waals surface area contributed by atoms with E-state index in [0.29, 0.717) is 18.1 Å². The maximum absolute atomic E-state index is 11.3. The Hall–Kier alpha value is -1.59. The molecule has 0 heterocycles. The Morgan fingerprint density at radius 1 is 1.35 bits per heavy atom. The lowest BCUT2D eigenvalue weighted by atomic mass is 10.2. The number of hydrogen-bond acceptors (Lipinski definition) is 4. The second-order valence-corrected chi connectivity index (χ2v) is 5.13. The predicted octanol–water partition coefficient (Wildman–Crippen LogP) is 1.65. The van der Waals surface area contributed by atoms with Gasteiger partial charge in [-0.05, 0) is 36.7 Å². The molecule has 1 amide bonds. The van der Waals surface area contributed by atoms with Crippen LogP contribution in [0.25, 0.3) is 0 Å². The molecule has 0 radical (unpaired) electrons. The van der Waals surface area contributed by atoms with Crippen molar-refractivity contribution in [3.8, 4) is 5.75 Å². The van der Waals surface area contributed by atoms with E-state index in [2.05, 4.69) is 31.1 Å². The SMILES string of the molecule is CCN(CCOc1ccc(C(=O)NN)cc1)CC(C)C. The number of rotatable bonds is 8. The summed E-state index contributed by atoms with van der Waals surface area (Å²) in [5.74, 6) is 6.19. The van der Waals surface area contributed by atoms with Gasteiger partial charge in [0.25, 0.3) is 5.91 Å². The third-order valence-corrected chi connectivity index (χ3v) is 2.99. The highest BCUT2D eigenvalue weighted by Gasteiger charge is 2.06. The number of nitrogen functional groups attached to an aromatic ring is 1. The summed E-state index contributed by atoms with van der Waals surface area (Å²) in [4.78, 5) is 13.6. The number of nitrogens with zero attached hydrogens (tertiary/aromatic N) is 1. The molecule has 0 aliphatic carbocycles. The minimum Gasteiger partial charge on any atom is -0.492 e. The molecule has 0 unspecified atom stereocenters. The van der Waals surface area contributed by atoms with Crippen molar-refractivity contribution >= 4 is 5.91 Å². The van der Waals surface area contributed by atoms with Gasteiger partial charge in [0, 0.05) is 18.7 Å². The maximum Gasteiger partial charge on any atom is 0.265 e. The molecule has 3 N–H and O–H groups in total. The molecule has 1 aromatic rings. The molecular formula is C15H25N3O2. The van der Waals surface area contributed by atoms with Crippen molar-refractivity contribution < 1.29 is 9.53 Å². The van der Waals surface area contributed by atoms with Crippen molar-refractivity contribution in [3.05, 3.63) is 29.8 Å². The number of carbonyl (C=O) groups excluding carboxylic acids is 1. The van der Waals surface area contributed by atoms with E-state index >= 15 is 0 Å². The minimum absolute atomic E-state index is 0.300. The van der Waals surface area contributed by atoms with Crippen molar-refractivity contribution in [1.82, 2.24) is 10.3 Å². The molecule has 0 aliphatic rings. The second kappa shape index (κ2) is 8.55. The molecule has 0 saturated carbocycles. The van der Waals surface area contributed by atoms with Gasteiger partial charge in [-0.2, -0.15) is 0 Å². The first-order valence-electron chi connectivity index (χ1n) is 7.03. The van der Waals surface area contributed by atoms with Gasteiger partial charge in [-0.1, -0.05) is 20.8 Å². The number of nitrogens with one attached hydrogen (secondary N) is 1. The standard InChI is InChI=1S/C15H25N3O2/c1-4-18(11-12(2)3)9-10-20-14-7-5-13(6-8-14)15(19)17-16/h5-8,12H,4,9-11,16H2,1-3H3,(H,17,19). The van der Waals surface area contributed by atoms with Crippen LogP contribution in [0.3, 0.4) is 0 Å². The molecule has 5 nitrogen and oxygen atoms in total. The smallest absolute Gasteiger partial charge is 0.265 e. The normalized spacial score (nSPS) is 10.9. The third-order valence-electron chi connectivity index (χ3n) is 2.99. The Labute approximate surface area is 121 Å². The number of hydrazine groups is 1. The van der Waals surface area contributed by atoms with Crippen LogP contribution in [0.2, 0.25) is 0 Å². The van der Waals surface area contributed by atoms with Crippen LogP contribution < -0.4 is 16.0 Å². The van der Waals surface area contributed by atoms with Crippen molar-refractivity contribution in [3.63, 3.8) is 0 Å². The van der Waals surface area contributed by atoms with Crippen molar-refractivity contribution in [2.24, 2.45) is 11.8 Å². The van der Waals surface area contributed by atoms with Crippen LogP contribution in [0.5, 0.6) is 5.75 Å². The highest BCUT2D eigenvalue weighted by molar-refractivity contribution is 5.93. The van der Waals surface area contributed by atoms with Crippen LogP contribution in [0.4, 0.5) is 0 Å². The van der Waals surface area contributed by atoms with Gasteiger partial charge in [-0.15, -0.1) is 0 Å². The van der Waals surface area contributed by atoms with E-state index < -0.39 is 0 Å². The number of nitrogens with two attached hydrogens (primary N) is 1. The van der Waals surface area contributed by atoms with Crippen LogP contribution in [0.15, 0.2) is 24.3 Å². The first-order chi connectivity index (χ1) is 9.56. The van der Waals surface area contributed by atoms with Crippen LogP contribution in [-0.2, 0) is 0 Å². The van der Waals surface area contributed by atoms with Gasteiger partial charge in [0.1, 0.15) is 12.4 Å². The number of amides is 1. The molecular weight excluding hydrogens is 254 g/mol. The van der Waals surface area contributed by atoms with Gasteiger partial charge in [-0.3, -0.25) is 15.1 Å². The number of hydrogen-bond donors (Lipinski definition) is 2. The summed E-state index contributed by atoms with van der Waals surface area (Å²) in [6, 6.07) is 6.96. The van der Waals surface area contributed by atoms with Crippen LogP contribution in [-0.4, -0.2) is 37.0 Å². The van der Waals surface area contributed by atoms with E-state index in [0.717, 1.165) is 25.4 Å². The third kappa shape index (κ3) is 5.59. The van der Waals surface area contributed by atoms with Gasteiger partial charge in [0.15, 0.2) is 0 Å². The molecule has 5 heteroatoms. The first-order valence-corrected chi connectivity index (χ1v) is 7.03. The van der Waals surface area contributed by atoms with E-state index in [1.807, 2.05) is 0 Å².